The van der Waals surface area contributed by atoms with Crippen LogP contribution < -0.4 is 5.32 Å². The highest BCUT2D eigenvalue weighted by Crippen LogP contribution is 2.31. The van der Waals surface area contributed by atoms with E-state index >= 15 is 0 Å². The van der Waals surface area contributed by atoms with Crippen molar-refractivity contribution in [2.75, 3.05) is 19.8 Å². The van der Waals surface area contributed by atoms with Crippen molar-refractivity contribution >= 4 is 17.8 Å². The van der Waals surface area contributed by atoms with E-state index in [2.05, 4.69) is 5.32 Å². The first-order valence-electron chi connectivity index (χ1n) is 12.3. The van der Waals surface area contributed by atoms with Gasteiger partial charge in [0.1, 0.15) is 24.9 Å². The minimum Gasteiger partial charge on any atom is -0.459 e. The molecule has 0 spiro atoms. The van der Waals surface area contributed by atoms with E-state index in [-0.39, 0.29) is 12.5 Å². The standard InChI is InChI=1S/C29H27NO8/c31-26(19-10-4-1-5-11-19)30-23-24(38-28(33)21-14-8-3-9-15-21)22(37-25(23)29-34-16-17-35-29)18-36-27(32)20-12-6-2-7-13-20/h1-15,22-25,29H,16-18H2,(H,30,31)/t22-,23-,24-,25-/m1/s1. The van der Waals surface area contributed by atoms with E-state index < -0.39 is 42.6 Å². The van der Waals surface area contributed by atoms with Crippen LogP contribution in [0, 0.1) is 0 Å². The summed E-state index contributed by atoms with van der Waals surface area (Å²) in [5, 5.41) is 2.94. The SMILES string of the molecule is O=C(N[C@@H]1[C@H](OC(=O)c2ccccc2)[C@@H](COC(=O)c2ccccc2)O[C@H]1C1OCCO1)c1ccccc1. The second-order valence-electron chi connectivity index (χ2n) is 8.81. The van der Waals surface area contributed by atoms with Crippen molar-refractivity contribution in [3.05, 3.63) is 108 Å². The molecule has 1 amide bonds. The Morgan fingerprint density at radius 3 is 1.84 bits per heavy atom. The zero-order valence-corrected chi connectivity index (χ0v) is 20.4. The number of hydrogen-bond acceptors (Lipinski definition) is 8. The predicted octanol–water partition coefficient (Wildman–Crippen LogP) is 3.01. The molecule has 196 valence electrons. The molecule has 2 aliphatic rings. The van der Waals surface area contributed by atoms with Gasteiger partial charge in [-0.15, -0.1) is 0 Å². The third kappa shape index (κ3) is 5.91. The van der Waals surface area contributed by atoms with Crippen LogP contribution in [0.4, 0.5) is 0 Å². The normalized spacial score (nSPS) is 23.1. The number of rotatable bonds is 8. The van der Waals surface area contributed by atoms with Crippen LogP contribution in [0.1, 0.15) is 31.1 Å². The zero-order chi connectivity index (χ0) is 26.3. The number of hydrogen-bond donors (Lipinski definition) is 1. The van der Waals surface area contributed by atoms with Crippen molar-refractivity contribution in [1.29, 1.82) is 0 Å². The minimum absolute atomic E-state index is 0.221. The summed E-state index contributed by atoms with van der Waals surface area (Å²) in [7, 11) is 0. The summed E-state index contributed by atoms with van der Waals surface area (Å²) < 4.78 is 29.0. The molecule has 9 nitrogen and oxygen atoms in total. The average molecular weight is 518 g/mol. The summed E-state index contributed by atoms with van der Waals surface area (Å²) in [4.78, 5) is 38.8. The van der Waals surface area contributed by atoms with E-state index in [9.17, 15) is 14.4 Å². The van der Waals surface area contributed by atoms with Gasteiger partial charge < -0.3 is 29.0 Å². The average Bonchev–Trinajstić information content (AvgIpc) is 3.62. The van der Waals surface area contributed by atoms with Gasteiger partial charge in [0, 0.05) is 5.56 Å². The first-order chi connectivity index (χ1) is 18.6. The molecule has 0 aromatic heterocycles. The van der Waals surface area contributed by atoms with Crippen LogP contribution >= 0.6 is 0 Å². The lowest BCUT2D eigenvalue weighted by atomic mass is 10.0. The molecular formula is C29H27NO8. The van der Waals surface area contributed by atoms with E-state index in [4.69, 9.17) is 23.7 Å². The molecule has 0 aliphatic carbocycles. The second-order valence-corrected chi connectivity index (χ2v) is 8.81. The highest BCUT2D eigenvalue weighted by molar-refractivity contribution is 5.94. The molecule has 0 bridgehead atoms. The lowest BCUT2D eigenvalue weighted by Crippen LogP contribution is -2.52. The fraction of sp³-hybridized carbons (Fsp3) is 0.276. The van der Waals surface area contributed by atoms with Crippen molar-refractivity contribution in [2.45, 2.75) is 30.6 Å². The van der Waals surface area contributed by atoms with Gasteiger partial charge in [-0.3, -0.25) is 4.79 Å². The Bertz CT molecular complexity index is 1230. The maximum absolute atomic E-state index is 13.1. The molecule has 2 aliphatic heterocycles. The molecule has 38 heavy (non-hydrogen) atoms. The largest absolute Gasteiger partial charge is 0.459 e. The molecule has 1 N–H and O–H groups in total. The molecule has 0 unspecified atom stereocenters. The number of esters is 2. The topological polar surface area (TPSA) is 109 Å². The highest BCUT2D eigenvalue weighted by Gasteiger charge is 2.52. The Balaban J connectivity index is 1.41. The van der Waals surface area contributed by atoms with Gasteiger partial charge in [0.2, 0.25) is 0 Å². The fourth-order valence-corrected chi connectivity index (χ4v) is 4.43. The molecule has 4 atom stereocenters. The van der Waals surface area contributed by atoms with Crippen LogP contribution in [-0.2, 0) is 23.7 Å². The number of nitrogens with one attached hydrogen (secondary N) is 1. The molecule has 9 heteroatoms. The molecule has 5 rings (SSSR count). The number of benzene rings is 3. The van der Waals surface area contributed by atoms with Crippen molar-refractivity contribution in [3.8, 4) is 0 Å². The van der Waals surface area contributed by atoms with Gasteiger partial charge in [-0.1, -0.05) is 54.6 Å². The van der Waals surface area contributed by atoms with E-state index in [0.717, 1.165) is 0 Å². The van der Waals surface area contributed by atoms with E-state index in [1.54, 1.807) is 91.0 Å². The Kier molecular flexibility index (Phi) is 8.08. The minimum atomic E-state index is -1.00. The van der Waals surface area contributed by atoms with Crippen LogP contribution in [0.3, 0.4) is 0 Å². The Morgan fingerprint density at radius 2 is 1.26 bits per heavy atom. The van der Waals surface area contributed by atoms with Gasteiger partial charge in [-0.2, -0.15) is 0 Å². The lowest BCUT2D eigenvalue weighted by Gasteiger charge is -2.27. The van der Waals surface area contributed by atoms with Crippen LogP contribution in [0.2, 0.25) is 0 Å². The molecule has 3 aromatic rings. The van der Waals surface area contributed by atoms with Gasteiger partial charge in [-0.25, -0.2) is 9.59 Å². The van der Waals surface area contributed by atoms with Crippen molar-refractivity contribution in [3.63, 3.8) is 0 Å². The number of carbonyl (C=O) groups is 3. The van der Waals surface area contributed by atoms with E-state index in [0.29, 0.717) is 29.9 Å². The Morgan fingerprint density at radius 1 is 0.737 bits per heavy atom. The van der Waals surface area contributed by atoms with Crippen LogP contribution in [0.25, 0.3) is 0 Å². The van der Waals surface area contributed by atoms with E-state index in [1.165, 1.54) is 0 Å². The molecule has 2 heterocycles. The maximum atomic E-state index is 13.1. The van der Waals surface area contributed by atoms with Crippen molar-refractivity contribution < 1.29 is 38.1 Å². The van der Waals surface area contributed by atoms with Gasteiger partial charge in [-0.05, 0) is 36.4 Å². The lowest BCUT2D eigenvalue weighted by molar-refractivity contribution is -0.147. The molecule has 0 radical (unpaired) electrons. The van der Waals surface area contributed by atoms with Gasteiger partial charge >= 0.3 is 11.9 Å². The van der Waals surface area contributed by atoms with Crippen LogP contribution in [0.15, 0.2) is 91.0 Å². The van der Waals surface area contributed by atoms with Crippen LogP contribution in [-0.4, -0.2) is 68.3 Å². The van der Waals surface area contributed by atoms with Crippen molar-refractivity contribution in [1.82, 2.24) is 5.32 Å². The zero-order valence-electron chi connectivity index (χ0n) is 20.4. The summed E-state index contributed by atoms with van der Waals surface area (Å²) in [6.45, 7) is 0.486. The monoisotopic (exact) mass is 517 g/mol. The number of carbonyl (C=O) groups excluding carboxylic acids is 3. The third-order valence-electron chi connectivity index (χ3n) is 6.30. The molecule has 2 saturated heterocycles. The van der Waals surface area contributed by atoms with E-state index in [1.807, 2.05) is 0 Å². The highest BCUT2D eigenvalue weighted by atomic mass is 16.7. The summed E-state index contributed by atoms with van der Waals surface area (Å²) in [5.41, 5.74) is 1.13. The summed E-state index contributed by atoms with van der Waals surface area (Å²) >= 11 is 0. The van der Waals surface area contributed by atoms with Crippen molar-refractivity contribution in [2.24, 2.45) is 0 Å². The quantitative estimate of drug-likeness (QED) is 0.454. The first-order valence-corrected chi connectivity index (χ1v) is 12.3. The molecular weight excluding hydrogens is 490 g/mol. The molecule has 0 saturated carbocycles. The van der Waals surface area contributed by atoms with Gasteiger partial charge in [0.05, 0.1) is 24.3 Å². The second kappa shape index (κ2) is 12.0. The number of ether oxygens (including phenoxy) is 5. The van der Waals surface area contributed by atoms with Crippen LogP contribution in [0.5, 0.6) is 0 Å². The summed E-state index contributed by atoms with van der Waals surface area (Å²) in [6.07, 6.45) is -3.52. The maximum Gasteiger partial charge on any atom is 0.338 e. The fourth-order valence-electron chi connectivity index (χ4n) is 4.43. The van der Waals surface area contributed by atoms with Gasteiger partial charge in [0.15, 0.2) is 12.4 Å². The number of amides is 1. The summed E-state index contributed by atoms with van der Waals surface area (Å²) in [5.74, 6) is -1.54. The third-order valence-corrected chi connectivity index (χ3v) is 6.30. The predicted molar refractivity (Wildman–Crippen MR) is 134 cm³/mol. The Hall–Kier alpha value is -4.05. The van der Waals surface area contributed by atoms with Gasteiger partial charge in [0.25, 0.3) is 5.91 Å². The Labute approximate surface area is 219 Å². The first kappa shape index (κ1) is 25.6. The summed E-state index contributed by atoms with van der Waals surface area (Å²) in [6, 6.07) is 24.8. The molecule has 3 aromatic carbocycles. The smallest absolute Gasteiger partial charge is 0.338 e. The molecule has 2 fully saturated rings.